The summed E-state index contributed by atoms with van der Waals surface area (Å²) in [5.41, 5.74) is 0.756. The van der Waals surface area contributed by atoms with Gasteiger partial charge in [-0.3, -0.25) is 14.9 Å². The number of benzene rings is 1. The molecular weight excluding hydrogens is 314 g/mol. The predicted molar refractivity (Wildman–Crippen MR) is 86.2 cm³/mol. The third kappa shape index (κ3) is 4.50. The number of carbonyl (C=O) groups excluding carboxylic acids is 1. The van der Waals surface area contributed by atoms with Crippen molar-refractivity contribution in [3.05, 3.63) is 57.8 Å². The zero-order valence-corrected chi connectivity index (χ0v) is 13.2. The average Bonchev–Trinajstić information content (AvgIpc) is 2.54. The second-order valence-electron chi connectivity index (χ2n) is 5.26. The van der Waals surface area contributed by atoms with Crippen molar-refractivity contribution in [2.75, 3.05) is 6.54 Å². The van der Waals surface area contributed by atoms with E-state index in [0.29, 0.717) is 16.9 Å². The number of nitrogens with zero attached hydrogens (tertiary/aromatic N) is 2. The Kier molecular flexibility index (Phi) is 5.43. The van der Waals surface area contributed by atoms with Crippen LogP contribution in [0.15, 0.2) is 36.5 Å². The molecule has 2 N–H and O–H groups in total. The number of aryl methyl sites for hydroxylation is 1. The Morgan fingerprint density at radius 1 is 1.46 bits per heavy atom. The van der Waals surface area contributed by atoms with Crippen LogP contribution in [0.5, 0.6) is 11.6 Å². The van der Waals surface area contributed by atoms with Crippen molar-refractivity contribution in [1.82, 2.24) is 10.3 Å². The highest BCUT2D eigenvalue weighted by molar-refractivity contribution is 5.94. The molecule has 0 spiro atoms. The van der Waals surface area contributed by atoms with E-state index in [-0.39, 0.29) is 24.0 Å². The van der Waals surface area contributed by atoms with E-state index in [1.54, 1.807) is 32.0 Å². The van der Waals surface area contributed by atoms with Crippen LogP contribution in [0.1, 0.15) is 22.8 Å². The molecule has 1 atom stereocenters. The molecule has 0 radical (unpaired) electrons. The van der Waals surface area contributed by atoms with E-state index in [4.69, 9.17) is 4.74 Å². The van der Waals surface area contributed by atoms with Gasteiger partial charge in [-0.15, -0.1) is 0 Å². The van der Waals surface area contributed by atoms with Crippen molar-refractivity contribution in [3.63, 3.8) is 0 Å². The molecule has 1 heterocycles. The zero-order chi connectivity index (χ0) is 17.7. The number of carbonyl (C=O) groups is 1. The predicted octanol–water partition coefficient (Wildman–Crippen LogP) is 2.20. The molecular formula is C16H17N3O5. The summed E-state index contributed by atoms with van der Waals surface area (Å²) in [7, 11) is 0. The molecule has 0 saturated heterocycles. The fourth-order valence-corrected chi connectivity index (χ4v) is 1.91. The Bertz CT molecular complexity index is 761. The maximum atomic E-state index is 12.0. The summed E-state index contributed by atoms with van der Waals surface area (Å²) < 4.78 is 5.60. The van der Waals surface area contributed by atoms with Crippen LogP contribution in [-0.4, -0.2) is 33.6 Å². The van der Waals surface area contributed by atoms with Gasteiger partial charge in [-0.05, 0) is 32.0 Å². The van der Waals surface area contributed by atoms with Crippen LogP contribution in [-0.2, 0) is 0 Å². The Balaban J connectivity index is 2.15. The van der Waals surface area contributed by atoms with Gasteiger partial charge in [0.1, 0.15) is 11.9 Å². The van der Waals surface area contributed by atoms with Gasteiger partial charge in [-0.2, -0.15) is 0 Å². The van der Waals surface area contributed by atoms with E-state index in [1.165, 1.54) is 12.1 Å². The lowest BCUT2D eigenvalue weighted by Gasteiger charge is -2.10. The molecule has 0 fully saturated rings. The maximum Gasteiger partial charge on any atom is 0.288 e. The molecule has 0 unspecified atom stereocenters. The minimum atomic E-state index is -0.639. The Morgan fingerprint density at radius 3 is 2.83 bits per heavy atom. The van der Waals surface area contributed by atoms with Crippen molar-refractivity contribution in [2.24, 2.45) is 0 Å². The third-order valence-corrected chi connectivity index (χ3v) is 3.10. The summed E-state index contributed by atoms with van der Waals surface area (Å²) in [6.45, 7) is 3.37. The van der Waals surface area contributed by atoms with E-state index < -0.39 is 11.0 Å². The summed E-state index contributed by atoms with van der Waals surface area (Å²) in [4.78, 5) is 26.1. The molecule has 126 valence electrons. The number of rotatable bonds is 6. The van der Waals surface area contributed by atoms with Gasteiger partial charge in [0.25, 0.3) is 11.6 Å². The number of hydrogen-bond donors (Lipinski definition) is 2. The fourth-order valence-electron chi connectivity index (χ4n) is 1.91. The third-order valence-electron chi connectivity index (χ3n) is 3.10. The Morgan fingerprint density at radius 2 is 2.21 bits per heavy atom. The molecule has 0 bridgehead atoms. The number of ether oxygens (including phenoxy) is 1. The molecule has 1 amide bonds. The second kappa shape index (κ2) is 7.51. The number of amides is 1. The number of hydrogen-bond acceptors (Lipinski definition) is 6. The van der Waals surface area contributed by atoms with E-state index in [0.717, 1.165) is 6.20 Å². The molecule has 8 nitrogen and oxygen atoms in total. The number of nitrogens with one attached hydrogen (secondary N) is 1. The van der Waals surface area contributed by atoms with Crippen molar-refractivity contribution in [1.29, 1.82) is 0 Å². The fraction of sp³-hybridized carbons (Fsp3) is 0.250. The lowest BCUT2D eigenvalue weighted by Crippen LogP contribution is -2.30. The maximum absolute atomic E-state index is 12.0. The molecule has 8 heteroatoms. The minimum absolute atomic E-state index is 0.119. The van der Waals surface area contributed by atoms with Crippen LogP contribution in [0, 0.1) is 17.0 Å². The standard InChI is InChI=1S/C16H17N3O5/c1-10-6-13(19(22)23)9-18-16(10)24-14-5-3-4-12(7-14)15(21)17-8-11(2)20/h3-7,9,11,20H,8H2,1-2H3,(H,17,21)/t11-/m0/s1. The summed E-state index contributed by atoms with van der Waals surface area (Å²) in [6.07, 6.45) is 0.474. The van der Waals surface area contributed by atoms with Gasteiger partial charge in [0.05, 0.1) is 11.0 Å². The van der Waals surface area contributed by atoms with Crippen LogP contribution in [0.25, 0.3) is 0 Å². The number of pyridine rings is 1. The van der Waals surface area contributed by atoms with Gasteiger partial charge in [0.2, 0.25) is 5.88 Å². The number of aliphatic hydroxyl groups is 1. The number of aromatic nitrogens is 1. The Labute approximate surface area is 138 Å². The average molecular weight is 331 g/mol. The number of nitro groups is 1. The van der Waals surface area contributed by atoms with E-state index in [2.05, 4.69) is 10.3 Å². The first-order valence-electron chi connectivity index (χ1n) is 7.22. The van der Waals surface area contributed by atoms with Crippen LogP contribution in [0.3, 0.4) is 0 Å². The smallest absolute Gasteiger partial charge is 0.288 e. The van der Waals surface area contributed by atoms with Gasteiger partial charge in [-0.1, -0.05) is 6.07 Å². The van der Waals surface area contributed by atoms with Gasteiger partial charge >= 0.3 is 0 Å². The minimum Gasteiger partial charge on any atom is -0.439 e. The molecule has 1 aromatic heterocycles. The van der Waals surface area contributed by atoms with Crippen molar-refractivity contribution in [2.45, 2.75) is 20.0 Å². The second-order valence-corrected chi connectivity index (χ2v) is 5.26. The van der Waals surface area contributed by atoms with Crippen LogP contribution in [0.4, 0.5) is 5.69 Å². The molecule has 0 saturated carbocycles. The highest BCUT2D eigenvalue weighted by Crippen LogP contribution is 2.25. The number of aliphatic hydroxyl groups excluding tert-OH is 1. The lowest BCUT2D eigenvalue weighted by molar-refractivity contribution is -0.385. The molecule has 0 aliphatic heterocycles. The van der Waals surface area contributed by atoms with E-state index in [1.807, 2.05) is 0 Å². The first kappa shape index (κ1) is 17.4. The van der Waals surface area contributed by atoms with Crippen LogP contribution < -0.4 is 10.1 Å². The Hall–Kier alpha value is -3.00. The van der Waals surface area contributed by atoms with Gasteiger partial charge in [0, 0.05) is 23.7 Å². The van der Waals surface area contributed by atoms with Crippen molar-refractivity contribution >= 4 is 11.6 Å². The van der Waals surface area contributed by atoms with Gasteiger partial charge < -0.3 is 15.2 Å². The molecule has 0 aliphatic carbocycles. The monoisotopic (exact) mass is 331 g/mol. The van der Waals surface area contributed by atoms with E-state index in [9.17, 15) is 20.0 Å². The quantitative estimate of drug-likeness (QED) is 0.619. The summed E-state index contributed by atoms with van der Waals surface area (Å²) >= 11 is 0. The molecule has 24 heavy (non-hydrogen) atoms. The van der Waals surface area contributed by atoms with Gasteiger partial charge in [-0.25, -0.2) is 4.98 Å². The topological polar surface area (TPSA) is 115 Å². The zero-order valence-electron chi connectivity index (χ0n) is 13.2. The highest BCUT2D eigenvalue weighted by atomic mass is 16.6. The van der Waals surface area contributed by atoms with Crippen molar-refractivity contribution < 1.29 is 19.6 Å². The van der Waals surface area contributed by atoms with Gasteiger partial charge in [0.15, 0.2) is 0 Å². The van der Waals surface area contributed by atoms with Crippen molar-refractivity contribution in [3.8, 4) is 11.6 Å². The normalized spacial score (nSPS) is 11.6. The van der Waals surface area contributed by atoms with Crippen LogP contribution in [0.2, 0.25) is 0 Å². The molecule has 0 aliphatic rings. The molecule has 1 aromatic carbocycles. The van der Waals surface area contributed by atoms with Crippen LogP contribution >= 0.6 is 0 Å². The highest BCUT2D eigenvalue weighted by Gasteiger charge is 2.12. The van der Waals surface area contributed by atoms with E-state index >= 15 is 0 Å². The molecule has 2 aromatic rings. The first-order valence-corrected chi connectivity index (χ1v) is 7.22. The summed E-state index contributed by atoms with van der Waals surface area (Å²) in [5, 5.41) is 22.5. The largest absolute Gasteiger partial charge is 0.439 e. The SMILES string of the molecule is Cc1cc([N+](=O)[O-])cnc1Oc1cccc(C(=O)NC[C@H](C)O)c1. The molecule has 2 rings (SSSR count). The summed E-state index contributed by atoms with van der Waals surface area (Å²) in [6, 6.07) is 7.79. The lowest BCUT2D eigenvalue weighted by atomic mass is 10.2. The summed E-state index contributed by atoms with van der Waals surface area (Å²) in [5.74, 6) is 0.265. The first-order chi connectivity index (χ1) is 11.4.